The number of anilines is 6. The molecule has 6 aromatic carbocycles. The highest BCUT2D eigenvalue weighted by Gasteiger charge is 2.41. The number of hydrogen-bond acceptors (Lipinski definition) is 6. The quantitative estimate of drug-likeness (QED) is 0.0983. The highest BCUT2D eigenvalue weighted by atomic mass is 32.1. The zero-order valence-corrected chi connectivity index (χ0v) is 34.9. The lowest BCUT2D eigenvalue weighted by Gasteiger charge is -2.33. The second kappa shape index (κ2) is 16.3. The molecule has 0 fully saturated rings. The fourth-order valence-electron chi connectivity index (χ4n) is 8.63. The first-order valence-electron chi connectivity index (χ1n) is 20.1. The van der Waals surface area contributed by atoms with E-state index in [1.165, 1.54) is 39.7 Å². The van der Waals surface area contributed by atoms with Crippen LogP contribution >= 0.6 is 22.7 Å². The van der Waals surface area contributed by atoms with Crippen LogP contribution in [0.25, 0.3) is 37.4 Å². The van der Waals surface area contributed by atoms with Crippen LogP contribution in [-0.4, -0.2) is 11.1 Å². The Morgan fingerprint density at radius 1 is 0.567 bits per heavy atom. The Kier molecular flexibility index (Phi) is 10.5. The Labute approximate surface area is 359 Å². The summed E-state index contributed by atoms with van der Waals surface area (Å²) >= 11 is 3.17. The number of rotatable bonds is 12. The molecular weight excluding hydrogens is 775 g/mol. The molecule has 1 N–H and O–H groups in total. The summed E-state index contributed by atoms with van der Waals surface area (Å²) in [5, 5.41) is 18.5. The maximum atomic E-state index is 11.4. The molecule has 1 aliphatic rings. The number of carboxylic acids is 1. The number of aliphatic carboxylic acids is 1. The van der Waals surface area contributed by atoms with Crippen LogP contribution in [0, 0.1) is 11.3 Å². The van der Waals surface area contributed by atoms with E-state index in [9.17, 15) is 15.2 Å². The fraction of sp³-hybridized carbons (Fsp3) is 0.0943. The zero-order chi connectivity index (χ0) is 41.2. The maximum absolute atomic E-state index is 11.4. The highest BCUT2D eigenvalue weighted by molar-refractivity contribution is 7.24. The first-order chi connectivity index (χ1) is 29.4. The van der Waals surface area contributed by atoms with Crippen LogP contribution in [0.1, 0.15) is 42.7 Å². The van der Waals surface area contributed by atoms with Crippen molar-refractivity contribution in [1.82, 2.24) is 0 Å². The van der Waals surface area contributed by atoms with Gasteiger partial charge in [0.15, 0.2) is 0 Å². The molecule has 5 nitrogen and oxygen atoms in total. The fourth-order valence-corrected chi connectivity index (χ4v) is 10.7. The third kappa shape index (κ3) is 7.00. The van der Waals surface area contributed by atoms with Gasteiger partial charge in [0.05, 0.1) is 0 Å². The number of carbonyl (C=O) groups is 1. The Hall–Kier alpha value is -6.98. The third-order valence-electron chi connectivity index (χ3n) is 11.6. The minimum atomic E-state index is -1.22. The summed E-state index contributed by atoms with van der Waals surface area (Å²) in [6, 6.07) is 64.5. The molecule has 60 heavy (non-hydrogen) atoms. The molecule has 0 amide bonds. The molecule has 2 aromatic heterocycles. The number of thiophene rings is 2. The summed E-state index contributed by atoms with van der Waals surface area (Å²) in [7, 11) is 0. The van der Waals surface area contributed by atoms with Crippen molar-refractivity contribution < 1.29 is 9.90 Å². The summed E-state index contributed by atoms with van der Waals surface area (Å²) in [6.45, 7) is 4.66. The Bertz CT molecular complexity index is 2850. The van der Waals surface area contributed by atoms with E-state index in [0.717, 1.165) is 72.0 Å². The van der Waals surface area contributed by atoms with E-state index >= 15 is 0 Å². The number of benzene rings is 6. The molecule has 1 aliphatic carbocycles. The van der Waals surface area contributed by atoms with E-state index < -0.39 is 5.97 Å². The van der Waals surface area contributed by atoms with Crippen molar-refractivity contribution in [3.8, 4) is 37.4 Å². The average Bonchev–Trinajstić information content (AvgIpc) is 4.04. The zero-order valence-electron chi connectivity index (χ0n) is 33.2. The molecule has 7 heteroatoms. The van der Waals surface area contributed by atoms with Crippen molar-refractivity contribution in [3.63, 3.8) is 0 Å². The van der Waals surface area contributed by atoms with E-state index in [2.05, 4.69) is 187 Å². The standard InChI is InChI=1S/C53H41N3O2S2/c1-3-53(4-2)47-33-42(55(38-14-8-5-9-15-38)39-16-10-6-11-17-39)24-27-45(47)46-28-25-43(34-48(46)53)56(40-18-12-7-13-19-40)41-22-20-36(21-23-41)49-30-31-51(60-49)50-29-26-44(59-50)32-37(35-54)52(57)58/h5-34H,3-4H2,1-2H3,(H,57,58)/b37-32+. The number of nitriles is 1. The van der Waals surface area contributed by atoms with Crippen LogP contribution in [0.15, 0.2) is 181 Å². The van der Waals surface area contributed by atoms with Crippen LogP contribution < -0.4 is 9.80 Å². The van der Waals surface area contributed by atoms with E-state index in [-0.39, 0.29) is 11.0 Å². The van der Waals surface area contributed by atoms with Gasteiger partial charge in [0, 0.05) is 59.0 Å². The molecule has 0 unspecified atom stereocenters. The molecule has 2 heterocycles. The van der Waals surface area contributed by atoms with Gasteiger partial charge < -0.3 is 14.9 Å². The van der Waals surface area contributed by atoms with Crippen LogP contribution in [0.2, 0.25) is 0 Å². The molecule has 0 saturated carbocycles. The Morgan fingerprint density at radius 3 is 1.47 bits per heavy atom. The average molecular weight is 816 g/mol. The largest absolute Gasteiger partial charge is 0.477 e. The van der Waals surface area contributed by atoms with Gasteiger partial charge in [-0.25, -0.2) is 4.79 Å². The van der Waals surface area contributed by atoms with E-state index in [4.69, 9.17) is 0 Å². The van der Waals surface area contributed by atoms with Crippen molar-refractivity contribution in [3.05, 3.63) is 198 Å². The third-order valence-corrected chi connectivity index (χ3v) is 14.0. The second-order valence-electron chi connectivity index (χ2n) is 14.8. The lowest BCUT2D eigenvalue weighted by atomic mass is 9.73. The topological polar surface area (TPSA) is 67.6 Å². The summed E-state index contributed by atoms with van der Waals surface area (Å²) in [6.07, 6.45) is 3.38. The smallest absolute Gasteiger partial charge is 0.346 e. The second-order valence-corrected chi connectivity index (χ2v) is 17.0. The lowest BCUT2D eigenvalue weighted by Crippen LogP contribution is -2.24. The highest BCUT2D eigenvalue weighted by Crippen LogP contribution is 2.55. The van der Waals surface area contributed by atoms with Crippen molar-refractivity contribution in [2.24, 2.45) is 0 Å². The summed E-state index contributed by atoms with van der Waals surface area (Å²) in [4.78, 5) is 20.1. The minimum Gasteiger partial charge on any atom is -0.477 e. The van der Waals surface area contributed by atoms with Gasteiger partial charge in [-0.1, -0.05) is 92.7 Å². The van der Waals surface area contributed by atoms with Crippen LogP contribution in [0.4, 0.5) is 34.1 Å². The van der Waals surface area contributed by atoms with E-state index in [1.54, 1.807) is 17.4 Å². The summed E-state index contributed by atoms with van der Waals surface area (Å²) in [5.41, 5.74) is 12.7. The minimum absolute atomic E-state index is 0.160. The predicted octanol–water partition coefficient (Wildman–Crippen LogP) is 15.2. The summed E-state index contributed by atoms with van der Waals surface area (Å²) < 4.78 is 0. The van der Waals surface area contributed by atoms with Gasteiger partial charge in [-0.15, -0.1) is 22.7 Å². The van der Waals surface area contributed by atoms with Gasteiger partial charge in [0.1, 0.15) is 11.6 Å². The molecule has 0 atom stereocenters. The van der Waals surface area contributed by atoms with Gasteiger partial charge in [-0.05, 0) is 144 Å². The Balaban J connectivity index is 1.06. The lowest BCUT2D eigenvalue weighted by molar-refractivity contribution is -0.132. The van der Waals surface area contributed by atoms with Crippen LogP contribution in [-0.2, 0) is 10.2 Å². The number of hydrogen-bond donors (Lipinski definition) is 1. The molecule has 9 rings (SSSR count). The van der Waals surface area contributed by atoms with Gasteiger partial charge in [-0.2, -0.15) is 5.26 Å². The predicted molar refractivity (Wildman–Crippen MR) is 250 cm³/mol. The molecule has 0 saturated heterocycles. The SMILES string of the molecule is CCC1(CC)c2cc(N(c3ccccc3)c3ccccc3)ccc2-c2ccc(N(c3ccccc3)c3ccc(-c4ccc(-c5ccc(/C=C(\C#N)C(=O)O)s5)s4)cc3)cc21. The Morgan fingerprint density at radius 2 is 1.00 bits per heavy atom. The summed E-state index contributed by atoms with van der Waals surface area (Å²) in [5.74, 6) is -1.22. The molecule has 292 valence electrons. The van der Waals surface area contributed by atoms with Gasteiger partial charge in [-0.3, -0.25) is 0 Å². The molecule has 0 radical (unpaired) electrons. The first-order valence-corrected chi connectivity index (χ1v) is 21.7. The number of para-hydroxylation sites is 3. The van der Waals surface area contributed by atoms with Crippen LogP contribution in [0.5, 0.6) is 0 Å². The molecule has 0 bridgehead atoms. The first kappa shape index (κ1) is 38.5. The van der Waals surface area contributed by atoms with Crippen molar-refractivity contribution in [1.29, 1.82) is 5.26 Å². The molecule has 8 aromatic rings. The normalized spacial score (nSPS) is 12.7. The molecule has 0 spiro atoms. The van der Waals surface area contributed by atoms with Gasteiger partial charge in [0.25, 0.3) is 0 Å². The monoisotopic (exact) mass is 815 g/mol. The van der Waals surface area contributed by atoms with Crippen LogP contribution in [0.3, 0.4) is 0 Å². The van der Waals surface area contributed by atoms with E-state index in [1.807, 2.05) is 12.1 Å². The maximum Gasteiger partial charge on any atom is 0.346 e. The molecular formula is C53H41N3O2S2. The number of nitrogens with zero attached hydrogens (tertiary/aromatic N) is 3. The van der Waals surface area contributed by atoms with Gasteiger partial charge in [0.2, 0.25) is 0 Å². The van der Waals surface area contributed by atoms with E-state index in [0.29, 0.717) is 0 Å². The van der Waals surface area contributed by atoms with Crippen molar-refractivity contribution in [2.45, 2.75) is 32.1 Å². The number of carboxylic acid groups (broad SMARTS) is 1. The van der Waals surface area contributed by atoms with Crippen molar-refractivity contribution >= 4 is 68.8 Å². The number of fused-ring (bicyclic) bond motifs is 3. The van der Waals surface area contributed by atoms with Crippen molar-refractivity contribution in [2.75, 3.05) is 9.80 Å². The van der Waals surface area contributed by atoms with Gasteiger partial charge >= 0.3 is 5.97 Å². The molecule has 0 aliphatic heterocycles.